The van der Waals surface area contributed by atoms with E-state index in [0.29, 0.717) is 6.54 Å². The number of likely N-dealkylation sites (N-methyl/N-ethyl adjacent to an activating group) is 1. The summed E-state index contributed by atoms with van der Waals surface area (Å²) in [6.45, 7) is 3.60. The van der Waals surface area contributed by atoms with Crippen molar-refractivity contribution in [2.45, 2.75) is 19.5 Å². The molecule has 1 atom stereocenters. The van der Waals surface area contributed by atoms with Crippen molar-refractivity contribution in [3.63, 3.8) is 0 Å². The fourth-order valence-electron chi connectivity index (χ4n) is 2.82. The largest absolute Gasteiger partial charge is 0.493 e. The van der Waals surface area contributed by atoms with Gasteiger partial charge in [0, 0.05) is 23.3 Å². The van der Waals surface area contributed by atoms with Gasteiger partial charge in [-0.25, -0.2) is 0 Å². The lowest BCUT2D eigenvalue weighted by Gasteiger charge is -2.26. The molecule has 6 nitrogen and oxygen atoms in total. The van der Waals surface area contributed by atoms with Crippen molar-refractivity contribution in [3.8, 4) is 11.5 Å². The van der Waals surface area contributed by atoms with Crippen molar-refractivity contribution in [3.05, 3.63) is 45.6 Å². The molecule has 8 heteroatoms. The molecule has 1 heterocycles. The van der Waals surface area contributed by atoms with Crippen molar-refractivity contribution in [2.24, 2.45) is 4.99 Å². The number of hydrogen-bond acceptors (Lipinski definition) is 5. The highest BCUT2D eigenvalue weighted by Gasteiger charge is 2.17. The van der Waals surface area contributed by atoms with E-state index in [1.165, 1.54) is 9.75 Å². The number of hydrogen-bond donors (Lipinski definition) is 2. The standard InChI is InChI=1S/C20H30N4O2S.HI/c1-14-7-9-16(27-14)12-22-20(21-2)23-13-17(24(3)4)15-8-10-18(25-5)19(11-15)26-6;/h7-11,17H,12-13H2,1-6H3,(H2,21,22,23);1H. The van der Waals surface area contributed by atoms with E-state index in [9.17, 15) is 0 Å². The average molecular weight is 518 g/mol. The minimum absolute atomic E-state index is 0. The van der Waals surface area contributed by atoms with E-state index in [0.717, 1.165) is 29.6 Å². The van der Waals surface area contributed by atoms with E-state index in [1.807, 2.05) is 12.1 Å². The lowest BCUT2D eigenvalue weighted by atomic mass is 10.1. The van der Waals surface area contributed by atoms with Gasteiger partial charge in [0.2, 0.25) is 0 Å². The zero-order chi connectivity index (χ0) is 19.8. The maximum absolute atomic E-state index is 5.44. The van der Waals surface area contributed by atoms with Crippen LogP contribution in [0.1, 0.15) is 21.4 Å². The molecule has 0 bridgehead atoms. The second-order valence-electron chi connectivity index (χ2n) is 6.41. The molecular weight excluding hydrogens is 487 g/mol. The smallest absolute Gasteiger partial charge is 0.191 e. The topological polar surface area (TPSA) is 58.1 Å². The number of methoxy groups -OCH3 is 2. The van der Waals surface area contributed by atoms with Gasteiger partial charge in [0.1, 0.15) is 0 Å². The first-order chi connectivity index (χ1) is 13.0. The summed E-state index contributed by atoms with van der Waals surface area (Å²) < 4.78 is 10.8. The Bertz CT molecular complexity index is 764. The molecule has 0 aliphatic heterocycles. The lowest BCUT2D eigenvalue weighted by molar-refractivity contribution is 0.295. The SMILES string of the molecule is CN=C(NCc1ccc(C)s1)NCC(c1ccc(OC)c(OC)c1)N(C)C.I. The Balaban J connectivity index is 0.00000392. The van der Waals surface area contributed by atoms with E-state index >= 15 is 0 Å². The number of aryl methyl sites for hydroxylation is 1. The Hall–Kier alpha value is -1.52. The Morgan fingerprint density at radius 3 is 2.36 bits per heavy atom. The number of nitrogens with zero attached hydrogens (tertiary/aromatic N) is 2. The van der Waals surface area contributed by atoms with Gasteiger partial charge in [-0.15, -0.1) is 35.3 Å². The first-order valence-electron chi connectivity index (χ1n) is 8.86. The first kappa shape index (κ1) is 24.5. The molecule has 0 amide bonds. The van der Waals surface area contributed by atoms with Crippen LogP contribution in [0.15, 0.2) is 35.3 Å². The number of benzene rings is 1. The summed E-state index contributed by atoms with van der Waals surface area (Å²) in [4.78, 5) is 9.11. The maximum atomic E-state index is 5.44. The number of aliphatic imine (C=N–C) groups is 1. The number of ether oxygens (including phenoxy) is 2. The summed E-state index contributed by atoms with van der Waals surface area (Å²) in [6, 6.07) is 10.5. The predicted molar refractivity (Wildman–Crippen MR) is 129 cm³/mol. The quantitative estimate of drug-likeness (QED) is 0.318. The number of halogens is 1. The lowest BCUT2D eigenvalue weighted by Crippen LogP contribution is -2.41. The molecule has 0 spiro atoms. The van der Waals surface area contributed by atoms with Crippen molar-refractivity contribution >= 4 is 41.3 Å². The normalized spacial score (nSPS) is 12.3. The van der Waals surface area contributed by atoms with Gasteiger partial charge in [0.05, 0.1) is 26.8 Å². The van der Waals surface area contributed by atoms with Crippen LogP contribution in [0.3, 0.4) is 0 Å². The van der Waals surface area contributed by atoms with Crippen LogP contribution in [0.2, 0.25) is 0 Å². The second kappa shape index (κ2) is 12.1. The van der Waals surface area contributed by atoms with Crippen LogP contribution >= 0.6 is 35.3 Å². The van der Waals surface area contributed by atoms with Crippen LogP contribution in [0, 0.1) is 6.92 Å². The molecule has 0 aliphatic rings. The van der Waals surface area contributed by atoms with Crippen LogP contribution in [0.5, 0.6) is 11.5 Å². The monoisotopic (exact) mass is 518 g/mol. The highest BCUT2D eigenvalue weighted by atomic mass is 127. The van der Waals surface area contributed by atoms with Crippen molar-refractivity contribution < 1.29 is 9.47 Å². The molecule has 2 N–H and O–H groups in total. The van der Waals surface area contributed by atoms with Gasteiger partial charge in [0.15, 0.2) is 17.5 Å². The van der Waals surface area contributed by atoms with E-state index in [-0.39, 0.29) is 30.0 Å². The molecule has 156 valence electrons. The third kappa shape index (κ3) is 6.82. The number of thiophene rings is 1. The summed E-state index contributed by atoms with van der Waals surface area (Å²) in [5.74, 6) is 2.25. The third-order valence-corrected chi connectivity index (χ3v) is 5.33. The Labute approximate surface area is 189 Å². The van der Waals surface area contributed by atoms with Crippen LogP contribution < -0.4 is 20.1 Å². The highest BCUT2D eigenvalue weighted by Crippen LogP contribution is 2.31. The number of nitrogens with one attached hydrogen (secondary N) is 2. The van der Waals surface area contributed by atoms with Gasteiger partial charge in [-0.1, -0.05) is 6.07 Å². The summed E-state index contributed by atoms with van der Waals surface area (Å²) >= 11 is 1.79. The Kier molecular flexibility index (Phi) is 10.6. The highest BCUT2D eigenvalue weighted by molar-refractivity contribution is 14.0. The molecule has 1 aromatic carbocycles. The minimum Gasteiger partial charge on any atom is -0.493 e. The average Bonchev–Trinajstić information content (AvgIpc) is 3.09. The number of guanidine groups is 1. The molecule has 1 unspecified atom stereocenters. The van der Waals surface area contributed by atoms with Crippen molar-refractivity contribution in [1.82, 2.24) is 15.5 Å². The first-order valence-corrected chi connectivity index (χ1v) is 9.68. The van der Waals surface area contributed by atoms with Crippen molar-refractivity contribution in [1.29, 1.82) is 0 Å². The zero-order valence-electron chi connectivity index (χ0n) is 17.4. The molecule has 0 saturated carbocycles. The molecule has 1 aromatic heterocycles. The Morgan fingerprint density at radius 2 is 1.82 bits per heavy atom. The van der Waals surface area contributed by atoms with E-state index in [1.54, 1.807) is 32.6 Å². The zero-order valence-corrected chi connectivity index (χ0v) is 20.6. The van der Waals surface area contributed by atoms with Crippen LogP contribution in [0.4, 0.5) is 0 Å². The predicted octanol–water partition coefficient (Wildman–Crippen LogP) is 3.66. The summed E-state index contributed by atoms with van der Waals surface area (Å²) in [6.07, 6.45) is 0. The fraction of sp³-hybridized carbons (Fsp3) is 0.450. The maximum Gasteiger partial charge on any atom is 0.191 e. The molecule has 0 radical (unpaired) electrons. The van der Waals surface area contributed by atoms with E-state index in [4.69, 9.17) is 9.47 Å². The molecule has 0 aliphatic carbocycles. The summed E-state index contributed by atoms with van der Waals surface area (Å²) in [5.41, 5.74) is 1.15. The van der Waals surface area contributed by atoms with Gasteiger partial charge in [0.25, 0.3) is 0 Å². The van der Waals surface area contributed by atoms with Gasteiger partial charge in [-0.05, 0) is 50.8 Å². The molecule has 2 aromatic rings. The molecular formula is C20H31IN4O2S. The van der Waals surface area contributed by atoms with Gasteiger partial charge in [-0.2, -0.15) is 0 Å². The van der Waals surface area contributed by atoms with E-state index < -0.39 is 0 Å². The molecule has 2 rings (SSSR count). The third-order valence-electron chi connectivity index (χ3n) is 4.33. The van der Waals surface area contributed by atoms with Crippen LogP contribution in [-0.2, 0) is 6.54 Å². The number of rotatable bonds is 8. The van der Waals surface area contributed by atoms with Gasteiger partial charge in [-0.3, -0.25) is 4.99 Å². The van der Waals surface area contributed by atoms with Gasteiger partial charge < -0.3 is 25.0 Å². The van der Waals surface area contributed by atoms with Crippen molar-refractivity contribution in [2.75, 3.05) is 41.9 Å². The minimum atomic E-state index is 0. The van der Waals surface area contributed by atoms with Gasteiger partial charge >= 0.3 is 0 Å². The summed E-state index contributed by atoms with van der Waals surface area (Å²) in [7, 11) is 9.22. The summed E-state index contributed by atoms with van der Waals surface area (Å²) in [5, 5.41) is 6.79. The van der Waals surface area contributed by atoms with E-state index in [2.05, 4.69) is 59.7 Å². The molecule has 0 saturated heterocycles. The van der Waals surface area contributed by atoms with Crippen LogP contribution in [-0.4, -0.2) is 52.8 Å². The second-order valence-corrected chi connectivity index (χ2v) is 7.79. The van der Waals surface area contributed by atoms with Crippen LogP contribution in [0.25, 0.3) is 0 Å². The molecule has 28 heavy (non-hydrogen) atoms. The molecule has 0 fully saturated rings. The Morgan fingerprint density at radius 1 is 1.11 bits per heavy atom. The fourth-order valence-corrected chi connectivity index (χ4v) is 3.65.